The van der Waals surface area contributed by atoms with E-state index in [9.17, 15) is 18.0 Å². The Hall–Kier alpha value is -1.13. The van der Waals surface area contributed by atoms with Crippen molar-refractivity contribution < 1.29 is 40.2 Å². The fourth-order valence-electron chi connectivity index (χ4n) is 0.610. The van der Waals surface area contributed by atoms with E-state index in [1.165, 1.54) is 6.08 Å². The van der Waals surface area contributed by atoms with Gasteiger partial charge in [-0.2, -0.15) is 13.2 Å². The molecule has 0 aromatic heterocycles. The summed E-state index contributed by atoms with van der Waals surface area (Å²) in [5.41, 5.74) is -5.65. The predicted octanol–water partition coefficient (Wildman–Crippen LogP) is 0.863. The molecule has 0 aromatic rings. The van der Waals surface area contributed by atoms with Crippen molar-refractivity contribution in [3.63, 3.8) is 0 Å². The number of esters is 1. The monoisotopic (exact) mass is 321 g/mol. The summed E-state index contributed by atoms with van der Waals surface area (Å²) in [6.07, 6.45) is 1.19. The summed E-state index contributed by atoms with van der Waals surface area (Å²) in [4.78, 5) is 10.6. The second kappa shape index (κ2) is 8.22. The van der Waals surface area contributed by atoms with Crippen molar-refractivity contribution in [3.05, 3.63) is 12.7 Å². The lowest BCUT2D eigenvalue weighted by atomic mass is 10.4. The molecule has 0 bridgehead atoms. The fraction of sp³-hybridized carbons (Fsp3) is 0.700. The molecule has 0 aromatic carbocycles. The van der Waals surface area contributed by atoms with E-state index in [2.05, 4.69) is 27.6 Å². The van der Waals surface area contributed by atoms with Crippen molar-refractivity contribution >= 4 is 16.1 Å². The number of likely N-dealkylation sites (N-methyl/N-ethyl adjacent to an activating group) is 1. The summed E-state index contributed by atoms with van der Waals surface area (Å²) in [6, 6.07) is 0. The molecule has 0 rings (SSSR count). The van der Waals surface area contributed by atoms with Crippen LogP contribution in [0.25, 0.3) is 0 Å². The zero-order valence-corrected chi connectivity index (χ0v) is 12.3. The van der Waals surface area contributed by atoms with Gasteiger partial charge in [0.05, 0.1) is 20.6 Å². The van der Waals surface area contributed by atoms with Crippen LogP contribution in [0.1, 0.15) is 6.92 Å². The molecule has 6 nitrogen and oxygen atoms in total. The number of ether oxygens (including phenoxy) is 1. The normalized spacial score (nSPS) is 12.2. The van der Waals surface area contributed by atoms with Crippen molar-refractivity contribution in [2.24, 2.45) is 0 Å². The Morgan fingerprint density at radius 2 is 1.80 bits per heavy atom. The lowest BCUT2D eigenvalue weighted by molar-refractivity contribution is -0.888. The Bertz CT molecular complexity index is 417. The first-order valence-electron chi connectivity index (χ1n) is 5.40. The standard InChI is InChI=1S/C9H18NO2.CHF3O3S/c1-5-9(11)12-8-7-10(3,4)6-2;2-1(3,4)8(5,6)7/h5H,1,6-8H2,2-4H3;(H,5,6,7)/q+1;/p-1. The SMILES string of the molecule is C=CC(=O)OCC[N+](C)(C)CC.O=S(=O)([O-])C(F)(F)F. The van der Waals surface area contributed by atoms with Crippen molar-refractivity contribution in [2.75, 3.05) is 33.8 Å². The number of rotatable bonds is 5. The van der Waals surface area contributed by atoms with Crippen LogP contribution in [-0.2, 0) is 19.6 Å². The third-order valence-electron chi connectivity index (χ3n) is 2.25. The maximum Gasteiger partial charge on any atom is 0.485 e. The molecule has 0 fully saturated rings. The summed E-state index contributed by atoms with van der Waals surface area (Å²) in [5.74, 6) is -0.342. The molecule has 120 valence electrons. The van der Waals surface area contributed by atoms with Gasteiger partial charge in [-0.05, 0) is 6.92 Å². The largest absolute Gasteiger partial charge is 0.741 e. The molecule has 0 amide bonds. The molecule has 20 heavy (non-hydrogen) atoms. The van der Waals surface area contributed by atoms with Gasteiger partial charge in [0.1, 0.15) is 13.2 Å². The Labute approximate surface area is 116 Å². The van der Waals surface area contributed by atoms with Crippen LogP contribution in [0.5, 0.6) is 0 Å². The Morgan fingerprint density at radius 3 is 2.05 bits per heavy atom. The molecule has 0 spiro atoms. The Morgan fingerprint density at radius 1 is 1.40 bits per heavy atom. The maximum absolute atomic E-state index is 10.7. The van der Waals surface area contributed by atoms with Crippen molar-refractivity contribution in [2.45, 2.75) is 12.4 Å². The van der Waals surface area contributed by atoms with Crippen LogP contribution in [-0.4, -0.2) is 62.7 Å². The number of hydrogen-bond acceptors (Lipinski definition) is 5. The van der Waals surface area contributed by atoms with Crippen LogP contribution in [0.2, 0.25) is 0 Å². The van der Waals surface area contributed by atoms with Gasteiger partial charge in [-0.3, -0.25) is 0 Å². The lowest BCUT2D eigenvalue weighted by Gasteiger charge is -2.27. The second-order valence-corrected chi connectivity index (χ2v) is 5.62. The number of carbonyl (C=O) groups is 1. The third kappa shape index (κ3) is 10.8. The zero-order chi connectivity index (χ0) is 16.6. The third-order valence-corrected chi connectivity index (χ3v) is 2.81. The number of quaternary nitrogens is 1. The number of carbonyl (C=O) groups excluding carboxylic acids is 1. The zero-order valence-electron chi connectivity index (χ0n) is 11.4. The molecule has 0 heterocycles. The van der Waals surface area contributed by atoms with E-state index in [0.717, 1.165) is 17.6 Å². The minimum atomic E-state index is -6.09. The van der Waals surface area contributed by atoms with E-state index < -0.39 is 15.6 Å². The van der Waals surface area contributed by atoms with Crippen LogP contribution in [0.15, 0.2) is 12.7 Å². The van der Waals surface area contributed by atoms with Gasteiger partial charge in [0.2, 0.25) is 0 Å². The quantitative estimate of drug-likeness (QED) is 0.247. The highest BCUT2D eigenvalue weighted by molar-refractivity contribution is 7.86. The van der Waals surface area contributed by atoms with Gasteiger partial charge >= 0.3 is 11.5 Å². The molecule has 0 saturated carbocycles. The van der Waals surface area contributed by atoms with E-state index in [-0.39, 0.29) is 5.97 Å². The molecule has 0 aliphatic carbocycles. The van der Waals surface area contributed by atoms with Gasteiger partial charge in [0.15, 0.2) is 10.1 Å². The van der Waals surface area contributed by atoms with Crippen molar-refractivity contribution in [1.82, 2.24) is 0 Å². The molecule has 0 radical (unpaired) electrons. The van der Waals surface area contributed by atoms with Crippen LogP contribution < -0.4 is 0 Å². The van der Waals surface area contributed by atoms with E-state index in [4.69, 9.17) is 17.7 Å². The van der Waals surface area contributed by atoms with Gasteiger partial charge in [-0.25, -0.2) is 13.2 Å². The summed E-state index contributed by atoms with van der Waals surface area (Å²) in [7, 11) is -1.89. The van der Waals surface area contributed by atoms with Gasteiger partial charge in [-0.1, -0.05) is 6.58 Å². The topological polar surface area (TPSA) is 83.5 Å². The van der Waals surface area contributed by atoms with E-state index in [0.29, 0.717) is 6.61 Å². The summed E-state index contributed by atoms with van der Waals surface area (Å²) in [5, 5.41) is 0. The summed E-state index contributed by atoms with van der Waals surface area (Å²) in [6.45, 7) is 7.76. The highest BCUT2D eigenvalue weighted by Crippen LogP contribution is 2.20. The van der Waals surface area contributed by atoms with Crippen LogP contribution in [0, 0.1) is 0 Å². The maximum atomic E-state index is 10.7. The lowest BCUT2D eigenvalue weighted by Crippen LogP contribution is -2.42. The number of hydrogen-bond donors (Lipinski definition) is 0. The van der Waals surface area contributed by atoms with Gasteiger partial charge in [0.25, 0.3) is 0 Å². The molecule has 10 heteroatoms. The van der Waals surface area contributed by atoms with Gasteiger partial charge in [-0.15, -0.1) is 0 Å². The smallest absolute Gasteiger partial charge is 0.485 e. The molecule has 0 unspecified atom stereocenters. The minimum absolute atomic E-state index is 0.342. The van der Waals surface area contributed by atoms with Crippen LogP contribution >= 0.6 is 0 Å². The number of alkyl halides is 3. The predicted molar refractivity (Wildman–Crippen MR) is 64.4 cm³/mol. The molecule has 0 saturated heterocycles. The molecular formula is C10H18F3NO5S. The Kier molecular flexibility index (Phi) is 8.70. The van der Waals surface area contributed by atoms with E-state index in [1.54, 1.807) is 0 Å². The molecule has 0 atom stereocenters. The molecular weight excluding hydrogens is 303 g/mol. The number of nitrogens with zero attached hydrogens (tertiary/aromatic N) is 1. The molecule has 0 N–H and O–H groups in total. The highest BCUT2D eigenvalue weighted by Gasteiger charge is 2.36. The first kappa shape index (κ1) is 21.2. The van der Waals surface area contributed by atoms with E-state index in [1.807, 2.05) is 0 Å². The average Bonchev–Trinajstić information content (AvgIpc) is 2.26. The van der Waals surface area contributed by atoms with Crippen LogP contribution in [0.3, 0.4) is 0 Å². The summed E-state index contributed by atoms with van der Waals surface area (Å²) < 4.78 is 64.6. The van der Waals surface area contributed by atoms with Gasteiger partial charge < -0.3 is 13.8 Å². The second-order valence-electron chi connectivity index (χ2n) is 4.25. The first-order chi connectivity index (χ1) is 8.77. The number of halogens is 3. The first-order valence-corrected chi connectivity index (χ1v) is 6.81. The Balaban J connectivity index is 0. The highest BCUT2D eigenvalue weighted by atomic mass is 32.2. The fourth-order valence-corrected chi connectivity index (χ4v) is 0.610. The molecule has 0 aliphatic heterocycles. The summed E-state index contributed by atoms with van der Waals surface area (Å²) >= 11 is 0. The minimum Gasteiger partial charge on any atom is -0.741 e. The average molecular weight is 321 g/mol. The van der Waals surface area contributed by atoms with Crippen molar-refractivity contribution in [3.8, 4) is 0 Å². The van der Waals surface area contributed by atoms with Crippen molar-refractivity contribution in [1.29, 1.82) is 0 Å². The van der Waals surface area contributed by atoms with E-state index >= 15 is 0 Å². The van der Waals surface area contributed by atoms with Gasteiger partial charge in [0, 0.05) is 6.08 Å². The molecule has 0 aliphatic rings. The van der Waals surface area contributed by atoms with Crippen LogP contribution in [0.4, 0.5) is 13.2 Å².